The van der Waals surface area contributed by atoms with E-state index in [0.29, 0.717) is 0 Å². The molecule has 0 N–H and O–H groups in total. The molecule has 0 radical (unpaired) electrons. The second kappa shape index (κ2) is 4.82. The molecule has 0 aliphatic carbocycles. The number of hydrogen-bond donors (Lipinski definition) is 0. The Morgan fingerprint density at radius 3 is 2.94 bits per heavy atom. The van der Waals surface area contributed by atoms with Crippen LogP contribution in [0.4, 0.5) is 0 Å². The first-order valence-electron chi connectivity index (χ1n) is 5.89. The minimum atomic E-state index is 0.728. The zero-order chi connectivity index (χ0) is 12.4. The Kier molecular flexibility index (Phi) is 3.02. The maximum absolute atomic E-state index is 5.94. The molecule has 0 aliphatic heterocycles. The van der Waals surface area contributed by atoms with Gasteiger partial charge in [0.1, 0.15) is 0 Å². The molecule has 0 atom stereocenters. The number of nitrogens with zero attached hydrogens (tertiary/aromatic N) is 4. The summed E-state index contributed by atoms with van der Waals surface area (Å²) in [7, 11) is 0. The van der Waals surface area contributed by atoms with E-state index >= 15 is 0 Å². The van der Waals surface area contributed by atoms with Gasteiger partial charge in [-0.05, 0) is 24.6 Å². The van der Waals surface area contributed by atoms with E-state index in [-0.39, 0.29) is 0 Å². The lowest BCUT2D eigenvalue weighted by atomic mass is 10.3. The number of hydrogen-bond acceptors (Lipinski definition) is 2. The maximum atomic E-state index is 5.94. The number of halogens is 1. The van der Waals surface area contributed by atoms with E-state index < -0.39 is 0 Å². The van der Waals surface area contributed by atoms with Gasteiger partial charge in [-0.2, -0.15) is 0 Å². The summed E-state index contributed by atoms with van der Waals surface area (Å²) < 4.78 is 4.23. The molecular formula is C13H13ClN4. The van der Waals surface area contributed by atoms with E-state index in [1.807, 2.05) is 37.1 Å². The van der Waals surface area contributed by atoms with Crippen molar-refractivity contribution in [1.29, 1.82) is 0 Å². The summed E-state index contributed by atoms with van der Waals surface area (Å²) in [6.07, 6.45) is 8.53. The summed E-state index contributed by atoms with van der Waals surface area (Å²) in [6, 6.07) is 5.81. The summed E-state index contributed by atoms with van der Waals surface area (Å²) in [5.74, 6) is 0. The van der Waals surface area contributed by atoms with Gasteiger partial charge in [-0.15, -0.1) is 0 Å². The Morgan fingerprint density at radius 2 is 2.11 bits per heavy atom. The predicted molar refractivity (Wildman–Crippen MR) is 71.6 cm³/mol. The zero-order valence-electron chi connectivity index (χ0n) is 9.83. The molecule has 18 heavy (non-hydrogen) atoms. The Labute approximate surface area is 110 Å². The van der Waals surface area contributed by atoms with Crippen molar-refractivity contribution in [3.63, 3.8) is 0 Å². The molecule has 0 fully saturated rings. The molecule has 0 saturated carbocycles. The fourth-order valence-electron chi connectivity index (χ4n) is 2.06. The lowest BCUT2D eigenvalue weighted by Crippen LogP contribution is -2.01. The molecule has 0 aliphatic rings. The smallest absolute Gasteiger partial charge is 0.0958 e. The van der Waals surface area contributed by atoms with Crippen molar-refractivity contribution in [1.82, 2.24) is 19.1 Å². The summed E-state index contributed by atoms with van der Waals surface area (Å²) >= 11 is 5.94. The van der Waals surface area contributed by atoms with Crippen LogP contribution in [0.3, 0.4) is 0 Å². The molecular weight excluding hydrogens is 248 g/mol. The number of aromatic nitrogens is 4. The quantitative estimate of drug-likeness (QED) is 0.723. The van der Waals surface area contributed by atoms with Crippen LogP contribution >= 0.6 is 11.6 Å². The second-order valence-electron chi connectivity index (χ2n) is 4.23. The average Bonchev–Trinajstić information content (AvgIpc) is 2.99. The van der Waals surface area contributed by atoms with Crippen LogP contribution in [-0.2, 0) is 13.1 Å². The fourth-order valence-corrected chi connectivity index (χ4v) is 2.22. The maximum Gasteiger partial charge on any atom is 0.0958 e. The Hall–Kier alpha value is -1.81. The first-order valence-corrected chi connectivity index (χ1v) is 6.27. The largest absolute Gasteiger partial charge is 0.337 e. The third-order valence-electron chi connectivity index (χ3n) is 2.96. The fraction of sp³-hybridized carbons (Fsp3) is 0.231. The molecule has 92 valence electrons. The van der Waals surface area contributed by atoms with Crippen LogP contribution in [0.1, 0.15) is 6.42 Å². The van der Waals surface area contributed by atoms with Crippen LogP contribution in [-0.4, -0.2) is 19.1 Å². The van der Waals surface area contributed by atoms with Gasteiger partial charge in [0.25, 0.3) is 0 Å². The van der Waals surface area contributed by atoms with E-state index in [1.54, 1.807) is 6.20 Å². The minimum Gasteiger partial charge on any atom is -0.337 e. The summed E-state index contributed by atoms with van der Waals surface area (Å²) in [5.41, 5.74) is 2.08. The van der Waals surface area contributed by atoms with Gasteiger partial charge in [-0.25, -0.2) is 9.97 Å². The molecule has 0 bridgehead atoms. The van der Waals surface area contributed by atoms with Gasteiger partial charge in [-0.3, -0.25) is 0 Å². The molecule has 4 nitrogen and oxygen atoms in total. The third-order valence-corrected chi connectivity index (χ3v) is 3.19. The molecule has 0 amide bonds. The van der Waals surface area contributed by atoms with Gasteiger partial charge >= 0.3 is 0 Å². The van der Waals surface area contributed by atoms with Crippen LogP contribution in [0, 0.1) is 0 Å². The molecule has 3 aromatic rings. The van der Waals surface area contributed by atoms with E-state index in [1.165, 1.54) is 0 Å². The van der Waals surface area contributed by atoms with Crippen molar-refractivity contribution in [2.45, 2.75) is 19.5 Å². The molecule has 0 spiro atoms. The Morgan fingerprint density at radius 1 is 1.17 bits per heavy atom. The van der Waals surface area contributed by atoms with Crippen LogP contribution in [0.15, 0.2) is 43.2 Å². The SMILES string of the molecule is Clc1ccc2c(c1)ncn2CCCn1ccnc1. The Balaban J connectivity index is 1.71. The third kappa shape index (κ3) is 2.24. The van der Waals surface area contributed by atoms with Crippen LogP contribution < -0.4 is 0 Å². The lowest BCUT2D eigenvalue weighted by molar-refractivity contribution is 0.571. The van der Waals surface area contributed by atoms with E-state index in [4.69, 9.17) is 11.6 Å². The lowest BCUT2D eigenvalue weighted by Gasteiger charge is -2.05. The highest BCUT2D eigenvalue weighted by Crippen LogP contribution is 2.18. The average molecular weight is 261 g/mol. The highest BCUT2D eigenvalue weighted by Gasteiger charge is 2.02. The van der Waals surface area contributed by atoms with Gasteiger partial charge in [0, 0.05) is 30.5 Å². The van der Waals surface area contributed by atoms with Crippen LogP contribution in [0.2, 0.25) is 5.02 Å². The van der Waals surface area contributed by atoms with Gasteiger partial charge in [-0.1, -0.05) is 11.6 Å². The number of aryl methyl sites for hydroxylation is 2. The van der Waals surface area contributed by atoms with Crippen LogP contribution in [0.25, 0.3) is 11.0 Å². The normalized spacial score (nSPS) is 11.2. The molecule has 3 rings (SSSR count). The molecule has 0 unspecified atom stereocenters. The predicted octanol–water partition coefficient (Wildman–Crippen LogP) is 2.98. The van der Waals surface area contributed by atoms with Crippen molar-refractivity contribution >= 4 is 22.6 Å². The number of rotatable bonds is 4. The molecule has 5 heteroatoms. The highest BCUT2D eigenvalue weighted by atomic mass is 35.5. The molecule has 0 saturated heterocycles. The van der Waals surface area contributed by atoms with Gasteiger partial charge in [0.05, 0.1) is 23.7 Å². The monoisotopic (exact) mass is 260 g/mol. The molecule has 2 heterocycles. The summed E-state index contributed by atoms with van der Waals surface area (Å²) in [6.45, 7) is 1.91. The van der Waals surface area contributed by atoms with Crippen molar-refractivity contribution in [2.24, 2.45) is 0 Å². The highest BCUT2D eigenvalue weighted by molar-refractivity contribution is 6.31. The number of fused-ring (bicyclic) bond motifs is 1. The van der Waals surface area contributed by atoms with E-state index in [9.17, 15) is 0 Å². The van der Waals surface area contributed by atoms with Gasteiger partial charge in [0.15, 0.2) is 0 Å². The number of benzene rings is 1. The first-order chi connectivity index (χ1) is 8.83. The van der Waals surface area contributed by atoms with Crippen molar-refractivity contribution in [3.8, 4) is 0 Å². The van der Waals surface area contributed by atoms with Gasteiger partial charge in [0.2, 0.25) is 0 Å². The minimum absolute atomic E-state index is 0.728. The van der Waals surface area contributed by atoms with Crippen LogP contribution in [0.5, 0.6) is 0 Å². The molecule has 2 aromatic heterocycles. The zero-order valence-corrected chi connectivity index (χ0v) is 10.6. The topological polar surface area (TPSA) is 35.6 Å². The standard InChI is InChI=1S/C13H13ClN4/c14-11-2-3-13-12(8-11)16-10-18(13)6-1-5-17-7-4-15-9-17/h2-4,7-10H,1,5-6H2. The van der Waals surface area contributed by atoms with Crippen molar-refractivity contribution in [2.75, 3.05) is 0 Å². The van der Waals surface area contributed by atoms with Crippen molar-refractivity contribution in [3.05, 3.63) is 48.3 Å². The molecule has 1 aromatic carbocycles. The van der Waals surface area contributed by atoms with E-state index in [2.05, 4.69) is 19.1 Å². The first kappa shape index (κ1) is 11.3. The number of imidazole rings is 2. The second-order valence-corrected chi connectivity index (χ2v) is 4.66. The van der Waals surface area contributed by atoms with E-state index in [0.717, 1.165) is 35.6 Å². The van der Waals surface area contributed by atoms with Crippen molar-refractivity contribution < 1.29 is 0 Å². The van der Waals surface area contributed by atoms with Gasteiger partial charge < -0.3 is 9.13 Å². The summed E-state index contributed by atoms with van der Waals surface area (Å²) in [4.78, 5) is 8.38. The Bertz CT molecular complexity index is 642. The summed E-state index contributed by atoms with van der Waals surface area (Å²) in [5, 5.41) is 0.728.